The van der Waals surface area contributed by atoms with Crippen molar-refractivity contribution >= 4 is 0 Å². The molecule has 18 heavy (non-hydrogen) atoms. The van der Waals surface area contributed by atoms with Crippen LogP contribution in [0.3, 0.4) is 0 Å². The minimum Gasteiger partial charge on any atom is -0.387 e. The second-order valence-electron chi connectivity index (χ2n) is 4.20. The Morgan fingerprint density at radius 3 is 2.78 bits per heavy atom. The Kier molecular flexibility index (Phi) is 4.50. The lowest BCUT2D eigenvalue weighted by molar-refractivity contribution is 0.174. The van der Waals surface area contributed by atoms with Crippen molar-refractivity contribution in [2.75, 3.05) is 6.54 Å². The first kappa shape index (κ1) is 12.8. The van der Waals surface area contributed by atoms with Crippen molar-refractivity contribution in [1.29, 1.82) is 0 Å². The topological polar surface area (TPSA) is 50.1 Å². The average molecular weight is 245 g/mol. The maximum absolute atomic E-state index is 9.99. The van der Waals surface area contributed by atoms with Crippen LogP contribution in [0.15, 0.2) is 42.6 Å². The van der Waals surface area contributed by atoms with Gasteiger partial charge in [-0.05, 0) is 18.6 Å². The third-order valence-corrected chi connectivity index (χ3v) is 2.93. The largest absolute Gasteiger partial charge is 0.387 e. The molecule has 0 radical (unpaired) electrons. The number of aryl methyl sites for hydroxylation is 1. The lowest BCUT2D eigenvalue weighted by Crippen LogP contribution is -2.22. The number of hydrogen-bond acceptors (Lipinski definition) is 3. The predicted molar refractivity (Wildman–Crippen MR) is 71.0 cm³/mol. The van der Waals surface area contributed by atoms with Crippen LogP contribution in [-0.2, 0) is 13.1 Å². The molecule has 1 aromatic heterocycles. The zero-order chi connectivity index (χ0) is 12.8. The molecule has 0 saturated carbocycles. The molecule has 96 valence electrons. The summed E-state index contributed by atoms with van der Waals surface area (Å²) in [5, 5.41) is 17.4. The minimum atomic E-state index is -0.468. The van der Waals surface area contributed by atoms with Crippen molar-refractivity contribution in [3.63, 3.8) is 0 Å². The molecule has 1 aromatic carbocycles. The number of aromatic nitrogens is 2. The highest BCUT2D eigenvalue weighted by atomic mass is 16.3. The van der Waals surface area contributed by atoms with Gasteiger partial charge in [-0.3, -0.25) is 4.68 Å². The van der Waals surface area contributed by atoms with Crippen LogP contribution in [-0.4, -0.2) is 21.4 Å². The zero-order valence-corrected chi connectivity index (χ0v) is 10.6. The van der Waals surface area contributed by atoms with Gasteiger partial charge in [0, 0.05) is 25.8 Å². The monoisotopic (exact) mass is 245 g/mol. The fourth-order valence-electron chi connectivity index (χ4n) is 1.92. The molecule has 2 N–H and O–H groups in total. The number of hydrogen-bond donors (Lipinski definition) is 2. The van der Waals surface area contributed by atoms with Gasteiger partial charge in [0.25, 0.3) is 0 Å². The smallest absolute Gasteiger partial charge is 0.0914 e. The van der Waals surface area contributed by atoms with Gasteiger partial charge >= 0.3 is 0 Å². The molecule has 1 atom stereocenters. The molecule has 2 rings (SSSR count). The van der Waals surface area contributed by atoms with Gasteiger partial charge in [0.05, 0.1) is 11.8 Å². The third kappa shape index (κ3) is 3.18. The summed E-state index contributed by atoms with van der Waals surface area (Å²) in [7, 11) is 0. The fraction of sp³-hybridized carbons (Fsp3) is 0.357. The van der Waals surface area contributed by atoms with Gasteiger partial charge in [-0.25, -0.2) is 0 Å². The molecular weight excluding hydrogens is 226 g/mol. The molecule has 0 spiro atoms. The molecule has 0 amide bonds. The Bertz CT molecular complexity index is 467. The van der Waals surface area contributed by atoms with E-state index >= 15 is 0 Å². The molecule has 1 unspecified atom stereocenters. The molecule has 4 heteroatoms. The Labute approximate surface area is 107 Å². The maximum atomic E-state index is 9.99. The number of rotatable bonds is 6. The number of nitrogens with one attached hydrogen (secondary N) is 1. The maximum Gasteiger partial charge on any atom is 0.0914 e. The van der Waals surface area contributed by atoms with E-state index in [4.69, 9.17) is 0 Å². The quantitative estimate of drug-likeness (QED) is 0.815. The van der Waals surface area contributed by atoms with Crippen LogP contribution in [0.25, 0.3) is 0 Å². The van der Waals surface area contributed by atoms with Crippen molar-refractivity contribution in [1.82, 2.24) is 15.1 Å². The fourth-order valence-corrected chi connectivity index (χ4v) is 1.92. The first-order chi connectivity index (χ1) is 8.81. The van der Waals surface area contributed by atoms with Gasteiger partial charge < -0.3 is 10.4 Å². The summed E-state index contributed by atoms with van der Waals surface area (Å²) in [4.78, 5) is 0. The van der Waals surface area contributed by atoms with Gasteiger partial charge in [-0.2, -0.15) is 5.10 Å². The van der Waals surface area contributed by atoms with Gasteiger partial charge in [0.2, 0.25) is 0 Å². The van der Waals surface area contributed by atoms with Crippen LogP contribution in [0.4, 0.5) is 0 Å². The summed E-state index contributed by atoms with van der Waals surface area (Å²) < 4.78 is 1.95. The van der Waals surface area contributed by atoms with Crippen molar-refractivity contribution < 1.29 is 5.11 Å². The molecule has 0 aliphatic rings. The molecule has 0 fully saturated rings. The molecule has 0 saturated heterocycles. The van der Waals surface area contributed by atoms with Crippen LogP contribution in [0, 0.1) is 0 Å². The molecule has 1 heterocycles. The minimum absolute atomic E-state index is 0.468. The highest BCUT2D eigenvalue weighted by Crippen LogP contribution is 2.10. The molecular formula is C14H19N3O. The number of aliphatic hydroxyl groups excluding tert-OH is 1. The summed E-state index contributed by atoms with van der Waals surface area (Å²) in [6.45, 7) is 4.19. The highest BCUT2D eigenvalue weighted by Gasteiger charge is 2.06. The summed E-state index contributed by atoms with van der Waals surface area (Å²) in [6.07, 6.45) is 1.33. The van der Waals surface area contributed by atoms with Crippen LogP contribution < -0.4 is 5.32 Å². The van der Waals surface area contributed by atoms with Gasteiger partial charge in [0.15, 0.2) is 0 Å². The van der Waals surface area contributed by atoms with Gasteiger partial charge in [-0.1, -0.05) is 30.3 Å². The van der Waals surface area contributed by atoms with Crippen LogP contribution >= 0.6 is 0 Å². The van der Waals surface area contributed by atoms with E-state index < -0.39 is 6.10 Å². The Morgan fingerprint density at radius 2 is 2.06 bits per heavy atom. The first-order valence-electron chi connectivity index (χ1n) is 6.25. The summed E-state index contributed by atoms with van der Waals surface area (Å²) in [5.74, 6) is 0. The number of benzene rings is 1. The van der Waals surface area contributed by atoms with Crippen molar-refractivity contribution in [3.05, 3.63) is 53.9 Å². The van der Waals surface area contributed by atoms with Crippen molar-refractivity contribution in [2.45, 2.75) is 26.1 Å². The Morgan fingerprint density at radius 1 is 1.28 bits per heavy atom. The van der Waals surface area contributed by atoms with Gasteiger partial charge in [0.1, 0.15) is 0 Å². The molecule has 0 aliphatic carbocycles. The molecule has 0 aliphatic heterocycles. The predicted octanol–water partition coefficient (Wildman–Crippen LogP) is 1.73. The Balaban J connectivity index is 1.82. The molecule has 4 nitrogen and oxygen atoms in total. The van der Waals surface area contributed by atoms with E-state index in [1.165, 1.54) is 0 Å². The first-order valence-corrected chi connectivity index (χ1v) is 6.25. The van der Waals surface area contributed by atoms with E-state index in [0.29, 0.717) is 6.54 Å². The van der Waals surface area contributed by atoms with E-state index in [1.54, 1.807) is 6.20 Å². The van der Waals surface area contributed by atoms with Crippen molar-refractivity contribution in [3.8, 4) is 0 Å². The summed E-state index contributed by atoms with van der Waals surface area (Å²) in [5.41, 5.74) is 2.08. The van der Waals surface area contributed by atoms with Crippen LogP contribution in [0.1, 0.15) is 24.3 Å². The molecule has 2 aromatic rings. The van der Waals surface area contributed by atoms with E-state index in [9.17, 15) is 5.11 Å². The standard InChI is InChI=1S/C14H19N3O/c1-2-17-13(8-9-16-17)10-15-11-14(18)12-6-4-3-5-7-12/h3-9,14-15,18H,2,10-11H2,1H3. The van der Waals surface area contributed by atoms with E-state index in [-0.39, 0.29) is 0 Å². The lowest BCUT2D eigenvalue weighted by atomic mass is 10.1. The van der Waals surface area contributed by atoms with E-state index in [2.05, 4.69) is 17.3 Å². The highest BCUT2D eigenvalue weighted by molar-refractivity contribution is 5.17. The summed E-state index contributed by atoms with van der Waals surface area (Å²) >= 11 is 0. The normalized spacial score (nSPS) is 12.6. The zero-order valence-electron chi connectivity index (χ0n) is 10.6. The van der Waals surface area contributed by atoms with Crippen LogP contribution in [0.2, 0.25) is 0 Å². The van der Waals surface area contributed by atoms with Crippen LogP contribution in [0.5, 0.6) is 0 Å². The van der Waals surface area contributed by atoms with E-state index in [0.717, 1.165) is 24.3 Å². The average Bonchev–Trinajstić information content (AvgIpc) is 2.87. The second kappa shape index (κ2) is 6.33. The summed E-state index contributed by atoms with van der Waals surface area (Å²) in [6, 6.07) is 11.7. The Hall–Kier alpha value is -1.65. The van der Waals surface area contributed by atoms with E-state index in [1.807, 2.05) is 41.1 Å². The molecule has 0 bridgehead atoms. The number of aliphatic hydroxyl groups is 1. The second-order valence-corrected chi connectivity index (χ2v) is 4.20. The SMILES string of the molecule is CCn1nccc1CNCC(O)c1ccccc1. The van der Waals surface area contributed by atoms with Crippen molar-refractivity contribution in [2.24, 2.45) is 0 Å². The third-order valence-electron chi connectivity index (χ3n) is 2.93. The lowest BCUT2D eigenvalue weighted by Gasteiger charge is -2.12. The van der Waals surface area contributed by atoms with Gasteiger partial charge in [-0.15, -0.1) is 0 Å². The number of nitrogens with zero attached hydrogens (tertiary/aromatic N) is 2.